The van der Waals surface area contributed by atoms with Gasteiger partial charge in [-0.3, -0.25) is 19.8 Å². The van der Waals surface area contributed by atoms with Gasteiger partial charge in [-0.2, -0.15) is 0 Å². The fraction of sp³-hybridized carbons (Fsp3) is 0.167. The number of hydrazine groups is 2. The highest BCUT2D eigenvalue weighted by Crippen LogP contribution is 1.84. The van der Waals surface area contributed by atoms with Crippen molar-refractivity contribution in [3.8, 4) is 0 Å². The maximum Gasteiger partial charge on any atom is 0.267 e. The highest BCUT2D eigenvalue weighted by Gasteiger charge is 2.09. The number of rotatable bonds is 2. The highest BCUT2D eigenvalue weighted by atomic mass is 16.2. The van der Waals surface area contributed by atoms with Gasteiger partial charge in [0.15, 0.2) is 0 Å². The summed E-state index contributed by atoms with van der Waals surface area (Å²) in [7, 11) is 0. The molecule has 0 spiro atoms. The fourth-order valence-corrected chi connectivity index (χ4v) is 0.431. The van der Waals surface area contributed by atoms with Gasteiger partial charge >= 0.3 is 0 Å². The van der Waals surface area contributed by atoms with Gasteiger partial charge in [0.05, 0.1) is 0 Å². The summed E-state index contributed by atoms with van der Waals surface area (Å²) >= 11 is 0. The molecule has 0 aromatic heterocycles. The summed E-state index contributed by atoms with van der Waals surface area (Å²) in [4.78, 5) is 31.9. The molecule has 0 saturated carbocycles. The van der Waals surface area contributed by atoms with Gasteiger partial charge in [0.25, 0.3) is 11.8 Å². The van der Waals surface area contributed by atoms with Gasteiger partial charge in [0.2, 0.25) is 5.91 Å². The summed E-state index contributed by atoms with van der Waals surface area (Å²) in [6, 6.07) is 0. The first-order chi connectivity index (χ1) is 5.99. The minimum atomic E-state index is -0.795. The highest BCUT2D eigenvalue weighted by molar-refractivity contribution is 6.02. The second-order valence-electron chi connectivity index (χ2n) is 2.07. The van der Waals surface area contributed by atoms with Crippen LogP contribution in [-0.2, 0) is 14.4 Å². The van der Waals surface area contributed by atoms with Crippen molar-refractivity contribution in [2.75, 3.05) is 0 Å². The number of hydrogen-bond acceptors (Lipinski definition) is 5. The molecule has 0 fully saturated rings. The Balaban J connectivity index is 4.23. The molecular weight excluding hydrogens is 176 g/mol. The quantitative estimate of drug-likeness (QED) is 0.195. The van der Waals surface area contributed by atoms with Crippen molar-refractivity contribution in [1.29, 1.82) is 0 Å². The van der Waals surface area contributed by atoms with E-state index in [9.17, 15) is 14.4 Å². The molecule has 0 aromatic rings. The van der Waals surface area contributed by atoms with E-state index in [1.54, 1.807) is 5.43 Å². The van der Waals surface area contributed by atoms with Crippen molar-refractivity contribution in [3.63, 3.8) is 0 Å². The zero-order valence-corrected chi connectivity index (χ0v) is 6.98. The third-order valence-electron chi connectivity index (χ3n) is 1.10. The Kier molecular flexibility index (Phi) is 4.34. The van der Waals surface area contributed by atoms with Crippen molar-refractivity contribution >= 4 is 17.7 Å². The molecule has 0 radical (unpaired) electrons. The first-order valence-electron chi connectivity index (χ1n) is 3.27. The molecule has 0 aliphatic carbocycles. The summed E-state index contributed by atoms with van der Waals surface area (Å²) < 4.78 is 0. The third-order valence-corrected chi connectivity index (χ3v) is 1.10. The van der Waals surface area contributed by atoms with Crippen molar-refractivity contribution < 1.29 is 14.4 Å². The maximum absolute atomic E-state index is 10.9. The largest absolute Gasteiger partial charge is 0.291 e. The molecule has 0 unspecified atom stereocenters. The van der Waals surface area contributed by atoms with Crippen molar-refractivity contribution in [2.24, 2.45) is 11.7 Å². The Morgan fingerprint density at radius 3 is 2.23 bits per heavy atom. The van der Waals surface area contributed by atoms with Crippen LogP contribution in [0.1, 0.15) is 6.92 Å². The van der Waals surface area contributed by atoms with Crippen LogP contribution in [0.3, 0.4) is 0 Å². The van der Waals surface area contributed by atoms with E-state index in [4.69, 9.17) is 11.7 Å². The lowest BCUT2D eigenvalue weighted by Crippen LogP contribution is -2.40. The number of carbonyl (C=O) groups is 3. The normalized spacial score (nSPS) is 9.77. The Morgan fingerprint density at radius 2 is 1.85 bits per heavy atom. The Labute approximate surface area is 74.3 Å². The zero-order valence-electron chi connectivity index (χ0n) is 6.98. The average molecular weight is 186 g/mol. The Bertz CT molecular complexity index is 261. The monoisotopic (exact) mass is 186 g/mol. The molecule has 0 heterocycles. The van der Waals surface area contributed by atoms with E-state index in [1.165, 1.54) is 0 Å². The molecule has 3 amide bonds. The smallest absolute Gasteiger partial charge is 0.267 e. The second kappa shape index (κ2) is 5.01. The van der Waals surface area contributed by atoms with Gasteiger partial charge in [-0.1, -0.05) is 0 Å². The van der Waals surface area contributed by atoms with Crippen molar-refractivity contribution in [2.45, 2.75) is 6.92 Å². The first kappa shape index (κ1) is 11.3. The van der Waals surface area contributed by atoms with E-state index in [1.807, 2.05) is 0 Å². The topological polar surface area (TPSA) is 119 Å². The predicted molar refractivity (Wildman–Crippen MR) is 43.2 cm³/mol. The molecule has 0 bridgehead atoms. The predicted octanol–water partition coefficient (Wildman–Crippen LogP) is -2.22. The van der Waals surface area contributed by atoms with E-state index in [0.717, 1.165) is 19.1 Å². The van der Waals surface area contributed by atoms with Crippen LogP contribution < -0.4 is 17.1 Å². The fourth-order valence-electron chi connectivity index (χ4n) is 0.431. The van der Waals surface area contributed by atoms with Crippen LogP contribution in [-0.4, -0.2) is 22.7 Å². The number of imide groups is 1. The summed E-state index contributed by atoms with van der Waals surface area (Å²) in [5, 5.41) is 0.375. The Hall–Kier alpha value is -1.73. The minimum Gasteiger partial charge on any atom is -0.291 e. The Morgan fingerprint density at radius 1 is 1.31 bits per heavy atom. The summed E-state index contributed by atoms with van der Waals surface area (Å²) in [6.07, 6.45) is 1.70. The minimum absolute atomic E-state index is 0.375. The van der Waals surface area contributed by atoms with Gasteiger partial charge in [-0.05, 0) is 0 Å². The molecule has 0 atom stereocenters. The van der Waals surface area contributed by atoms with Crippen LogP contribution in [0.15, 0.2) is 12.2 Å². The SMILES string of the molecule is CC(=O)N(N)C(=O)/C=C\C(=O)NN. The average Bonchev–Trinajstić information content (AvgIpc) is 2.11. The van der Waals surface area contributed by atoms with Crippen LogP contribution in [0.25, 0.3) is 0 Å². The van der Waals surface area contributed by atoms with Gasteiger partial charge in [-0.15, -0.1) is 0 Å². The lowest BCUT2D eigenvalue weighted by molar-refractivity contribution is -0.140. The number of amides is 3. The van der Waals surface area contributed by atoms with E-state index >= 15 is 0 Å². The van der Waals surface area contributed by atoms with Gasteiger partial charge in [0.1, 0.15) is 0 Å². The van der Waals surface area contributed by atoms with Crippen LogP contribution in [0.4, 0.5) is 0 Å². The van der Waals surface area contributed by atoms with Gasteiger partial charge in [0, 0.05) is 19.1 Å². The van der Waals surface area contributed by atoms with E-state index in [-0.39, 0.29) is 0 Å². The molecule has 5 N–H and O–H groups in total. The molecule has 7 heteroatoms. The van der Waals surface area contributed by atoms with E-state index < -0.39 is 17.7 Å². The molecular formula is C6H10N4O3. The molecule has 0 aliphatic heterocycles. The number of nitrogens with zero attached hydrogens (tertiary/aromatic N) is 1. The molecule has 0 saturated heterocycles. The van der Waals surface area contributed by atoms with Crippen LogP contribution in [0.2, 0.25) is 0 Å². The molecule has 13 heavy (non-hydrogen) atoms. The molecule has 7 nitrogen and oxygen atoms in total. The van der Waals surface area contributed by atoms with Crippen molar-refractivity contribution in [1.82, 2.24) is 10.4 Å². The second-order valence-corrected chi connectivity index (χ2v) is 2.07. The summed E-state index contributed by atoms with van der Waals surface area (Å²) in [5.74, 6) is 7.65. The van der Waals surface area contributed by atoms with Crippen LogP contribution in [0, 0.1) is 0 Å². The van der Waals surface area contributed by atoms with Crippen molar-refractivity contribution in [3.05, 3.63) is 12.2 Å². The van der Waals surface area contributed by atoms with Gasteiger partial charge < -0.3 is 0 Å². The first-order valence-corrected chi connectivity index (χ1v) is 3.27. The summed E-state index contributed by atoms with van der Waals surface area (Å²) in [5.41, 5.74) is 1.77. The molecule has 0 aromatic carbocycles. The lowest BCUT2D eigenvalue weighted by Gasteiger charge is -2.07. The lowest BCUT2D eigenvalue weighted by atomic mass is 10.4. The number of carbonyl (C=O) groups excluding carboxylic acids is 3. The molecule has 0 rings (SSSR count). The van der Waals surface area contributed by atoms with Crippen LogP contribution in [0.5, 0.6) is 0 Å². The van der Waals surface area contributed by atoms with Crippen LogP contribution >= 0.6 is 0 Å². The molecule has 72 valence electrons. The molecule has 0 aliphatic rings. The van der Waals surface area contributed by atoms with E-state index in [2.05, 4.69) is 0 Å². The maximum atomic E-state index is 10.9. The number of nitrogens with two attached hydrogens (primary N) is 2. The van der Waals surface area contributed by atoms with Gasteiger partial charge in [-0.25, -0.2) is 16.7 Å². The zero-order chi connectivity index (χ0) is 10.4. The number of hydrogen-bond donors (Lipinski definition) is 3. The third kappa shape index (κ3) is 3.99. The van der Waals surface area contributed by atoms with E-state index in [0.29, 0.717) is 5.01 Å². The number of nitrogens with one attached hydrogen (secondary N) is 1. The summed E-state index contributed by atoms with van der Waals surface area (Å²) in [6.45, 7) is 1.12. The standard InChI is InChI=1S/C6H10N4O3/c1-4(11)10(8)6(13)3-2-5(12)9-7/h2-3H,7-8H2,1H3,(H,9,12)/b3-2-.